The number of rotatable bonds is 3. The number of nitrogens with one attached hydrogen (secondary N) is 1. The first-order valence-corrected chi connectivity index (χ1v) is 6.85. The van der Waals surface area contributed by atoms with Gasteiger partial charge in [-0.05, 0) is 46.3 Å². The Labute approximate surface area is 120 Å². The van der Waals surface area contributed by atoms with Crippen LogP contribution < -0.4 is 5.32 Å². The van der Waals surface area contributed by atoms with Crippen LogP contribution in [0.2, 0.25) is 0 Å². The van der Waals surface area contributed by atoms with E-state index >= 15 is 0 Å². The summed E-state index contributed by atoms with van der Waals surface area (Å²) in [5, 5.41) is 2.45. The summed E-state index contributed by atoms with van der Waals surface area (Å²) in [6, 6.07) is 6.92. The molecular weight excluding hydrogens is 336 g/mol. The average Bonchev–Trinajstić information content (AvgIpc) is 2.77. The zero-order chi connectivity index (χ0) is 13.8. The van der Waals surface area contributed by atoms with Crippen LogP contribution >= 0.6 is 27.3 Å². The molecule has 0 aliphatic heterocycles. The van der Waals surface area contributed by atoms with E-state index in [0.29, 0.717) is 0 Å². The van der Waals surface area contributed by atoms with E-state index in [-0.39, 0.29) is 5.69 Å². The van der Waals surface area contributed by atoms with Gasteiger partial charge in [0.2, 0.25) is 5.91 Å². The fourth-order valence-electron chi connectivity index (χ4n) is 1.33. The van der Waals surface area contributed by atoms with Gasteiger partial charge in [-0.25, -0.2) is 8.78 Å². The van der Waals surface area contributed by atoms with Crippen molar-refractivity contribution in [1.82, 2.24) is 0 Å². The van der Waals surface area contributed by atoms with Gasteiger partial charge in [0.25, 0.3) is 0 Å². The monoisotopic (exact) mass is 343 g/mol. The predicted molar refractivity (Wildman–Crippen MR) is 76.0 cm³/mol. The Bertz CT molecular complexity index is 639. The molecule has 1 aromatic heterocycles. The standard InChI is InChI=1S/C13H8BrF2NOS/c14-12-5-2-9(19-12)3-6-13(18)17-8-1-4-10(15)11(16)7-8/h1-7H,(H,17,18)/b6-3+. The summed E-state index contributed by atoms with van der Waals surface area (Å²) < 4.78 is 26.6. The first-order chi connectivity index (χ1) is 9.04. The third-order valence-corrected chi connectivity index (χ3v) is 3.77. The molecule has 2 nitrogen and oxygen atoms in total. The van der Waals surface area contributed by atoms with Crippen LogP contribution in [0.25, 0.3) is 6.08 Å². The Morgan fingerprint density at radius 1 is 1.21 bits per heavy atom. The highest BCUT2D eigenvalue weighted by atomic mass is 79.9. The number of carbonyl (C=O) groups excluding carboxylic acids is 1. The molecule has 0 saturated heterocycles. The van der Waals surface area contributed by atoms with Crippen LogP contribution in [0.4, 0.5) is 14.5 Å². The molecule has 1 heterocycles. The van der Waals surface area contributed by atoms with Gasteiger partial charge in [0, 0.05) is 22.7 Å². The van der Waals surface area contributed by atoms with E-state index in [2.05, 4.69) is 21.2 Å². The molecule has 0 aliphatic carbocycles. The molecule has 1 aromatic carbocycles. The van der Waals surface area contributed by atoms with Gasteiger partial charge in [-0.3, -0.25) is 4.79 Å². The number of hydrogen-bond donors (Lipinski definition) is 1. The van der Waals surface area contributed by atoms with Crippen LogP contribution in [-0.4, -0.2) is 5.91 Å². The second-order valence-electron chi connectivity index (χ2n) is 3.59. The molecular formula is C13H8BrF2NOS. The first kappa shape index (κ1) is 13.9. The van der Waals surface area contributed by atoms with Crippen molar-refractivity contribution >= 4 is 44.9 Å². The summed E-state index contributed by atoms with van der Waals surface area (Å²) in [6.07, 6.45) is 2.98. The van der Waals surface area contributed by atoms with Crippen molar-refractivity contribution in [3.05, 3.63) is 56.7 Å². The maximum atomic E-state index is 12.9. The second kappa shape index (κ2) is 6.08. The van der Waals surface area contributed by atoms with Crippen molar-refractivity contribution in [2.24, 2.45) is 0 Å². The molecule has 19 heavy (non-hydrogen) atoms. The topological polar surface area (TPSA) is 29.1 Å². The Balaban J connectivity index is 2.01. The minimum Gasteiger partial charge on any atom is -0.322 e. The Morgan fingerprint density at radius 2 is 2.00 bits per heavy atom. The number of hydrogen-bond acceptors (Lipinski definition) is 2. The summed E-state index contributed by atoms with van der Waals surface area (Å²) in [6.45, 7) is 0. The van der Waals surface area contributed by atoms with Crippen molar-refractivity contribution < 1.29 is 13.6 Å². The minimum atomic E-state index is -0.996. The van der Waals surface area contributed by atoms with E-state index in [1.807, 2.05) is 12.1 Å². The highest BCUT2D eigenvalue weighted by Crippen LogP contribution is 2.23. The van der Waals surface area contributed by atoms with Crippen LogP contribution in [0.1, 0.15) is 4.88 Å². The van der Waals surface area contributed by atoms with Gasteiger partial charge in [0.05, 0.1) is 3.79 Å². The van der Waals surface area contributed by atoms with Crippen molar-refractivity contribution in [2.45, 2.75) is 0 Å². The van der Waals surface area contributed by atoms with E-state index in [9.17, 15) is 13.6 Å². The zero-order valence-electron chi connectivity index (χ0n) is 9.49. The largest absolute Gasteiger partial charge is 0.322 e. The van der Waals surface area contributed by atoms with E-state index < -0.39 is 17.5 Å². The van der Waals surface area contributed by atoms with Crippen LogP contribution in [0.15, 0.2) is 40.2 Å². The smallest absolute Gasteiger partial charge is 0.248 e. The molecule has 0 fully saturated rings. The Kier molecular flexibility index (Phi) is 4.44. The second-order valence-corrected chi connectivity index (χ2v) is 6.09. The van der Waals surface area contributed by atoms with Crippen molar-refractivity contribution in [1.29, 1.82) is 0 Å². The number of thiophene rings is 1. The van der Waals surface area contributed by atoms with E-state index in [4.69, 9.17) is 0 Å². The highest BCUT2D eigenvalue weighted by molar-refractivity contribution is 9.11. The van der Waals surface area contributed by atoms with Crippen LogP contribution in [-0.2, 0) is 4.79 Å². The molecule has 1 N–H and O–H groups in total. The molecule has 6 heteroatoms. The molecule has 0 saturated carbocycles. The molecule has 0 bridgehead atoms. The highest BCUT2D eigenvalue weighted by Gasteiger charge is 2.04. The molecule has 0 unspecified atom stereocenters. The fraction of sp³-hybridized carbons (Fsp3) is 0. The van der Waals surface area contributed by atoms with Crippen LogP contribution in [0.5, 0.6) is 0 Å². The third-order valence-electron chi connectivity index (χ3n) is 2.18. The van der Waals surface area contributed by atoms with E-state index in [1.165, 1.54) is 23.5 Å². The predicted octanol–water partition coefficient (Wildman–Crippen LogP) is 4.44. The average molecular weight is 344 g/mol. The van der Waals surface area contributed by atoms with Crippen LogP contribution in [0, 0.1) is 11.6 Å². The number of carbonyl (C=O) groups is 1. The van der Waals surface area contributed by atoms with Gasteiger partial charge in [-0.1, -0.05) is 0 Å². The van der Waals surface area contributed by atoms with Crippen molar-refractivity contribution in [3.8, 4) is 0 Å². The summed E-state index contributed by atoms with van der Waals surface area (Å²) in [7, 11) is 0. The molecule has 2 rings (SSSR count). The van der Waals surface area contributed by atoms with E-state index in [1.54, 1.807) is 6.08 Å². The zero-order valence-corrected chi connectivity index (χ0v) is 11.9. The SMILES string of the molecule is O=C(/C=C/c1ccc(Br)s1)Nc1ccc(F)c(F)c1. The molecule has 2 aromatic rings. The molecule has 0 radical (unpaired) electrons. The maximum absolute atomic E-state index is 12.9. The number of halogens is 3. The number of amides is 1. The fourth-order valence-corrected chi connectivity index (χ4v) is 2.66. The van der Waals surface area contributed by atoms with Crippen molar-refractivity contribution in [3.63, 3.8) is 0 Å². The van der Waals surface area contributed by atoms with Gasteiger partial charge in [0.1, 0.15) is 0 Å². The van der Waals surface area contributed by atoms with Gasteiger partial charge < -0.3 is 5.32 Å². The minimum absolute atomic E-state index is 0.209. The lowest BCUT2D eigenvalue weighted by molar-refractivity contribution is -0.111. The lowest BCUT2D eigenvalue weighted by Crippen LogP contribution is -2.08. The lowest BCUT2D eigenvalue weighted by Gasteiger charge is -2.02. The molecule has 0 aliphatic rings. The molecule has 0 spiro atoms. The lowest BCUT2D eigenvalue weighted by atomic mass is 10.3. The Hall–Kier alpha value is -1.53. The summed E-state index contributed by atoms with van der Waals surface area (Å²) in [5.74, 6) is -2.35. The third kappa shape index (κ3) is 3.97. The first-order valence-electron chi connectivity index (χ1n) is 5.24. The summed E-state index contributed by atoms with van der Waals surface area (Å²) in [4.78, 5) is 12.5. The number of anilines is 1. The normalized spacial score (nSPS) is 10.9. The molecule has 0 atom stereocenters. The quantitative estimate of drug-likeness (QED) is 0.820. The van der Waals surface area contributed by atoms with E-state index in [0.717, 1.165) is 20.8 Å². The molecule has 1 amide bonds. The number of benzene rings is 1. The van der Waals surface area contributed by atoms with Gasteiger partial charge in [0.15, 0.2) is 11.6 Å². The maximum Gasteiger partial charge on any atom is 0.248 e. The van der Waals surface area contributed by atoms with Crippen LogP contribution in [0.3, 0.4) is 0 Å². The molecule has 98 valence electrons. The summed E-state index contributed by atoms with van der Waals surface area (Å²) in [5.41, 5.74) is 0.209. The van der Waals surface area contributed by atoms with Gasteiger partial charge in [-0.15, -0.1) is 11.3 Å². The van der Waals surface area contributed by atoms with Gasteiger partial charge in [-0.2, -0.15) is 0 Å². The summed E-state index contributed by atoms with van der Waals surface area (Å²) >= 11 is 4.80. The van der Waals surface area contributed by atoms with Crippen molar-refractivity contribution in [2.75, 3.05) is 5.32 Å². The van der Waals surface area contributed by atoms with Gasteiger partial charge >= 0.3 is 0 Å². The Morgan fingerprint density at radius 3 is 2.63 bits per heavy atom.